The molecule has 124 valence electrons. The lowest BCUT2D eigenvalue weighted by Gasteiger charge is -2.38. The van der Waals surface area contributed by atoms with Crippen molar-refractivity contribution in [2.45, 2.75) is 57.4 Å². The summed E-state index contributed by atoms with van der Waals surface area (Å²) < 4.78 is 17.9. The fraction of sp³-hybridized carbons (Fsp3) is 0.529. The first kappa shape index (κ1) is 15.5. The number of hydrogen-bond donors (Lipinski definition) is 0. The van der Waals surface area contributed by atoms with Gasteiger partial charge in [-0.05, 0) is 39.6 Å². The second-order valence-corrected chi connectivity index (χ2v) is 13.0. The van der Waals surface area contributed by atoms with Crippen LogP contribution in [0.4, 0.5) is 0 Å². The zero-order valence-corrected chi connectivity index (χ0v) is 16.9. The number of benzene rings is 1. The van der Waals surface area contributed by atoms with Crippen molar-refractivity contribution >= 4 is 24.2 Å². The molecule has 6 heteroatoms. The smallest absolute Gasteiger partial charge is 0.217 e. The van der Waals surface area contributed by atoms with Crippen LogP contribution in [0.5, 0.6) is 0 Å². The lowest BCUT2D eigenvalue weighted by molar-refractivity contribution is 0.178. The fourth-order valence-electron chi connectivity index (χ4n) is 2.54. The largest absolute Gasteiger partial charge is 0.407 e. The molecule has 0 amide bonds. The number of halogens is 1. The summed E-state index contributed by atoms with van der Waals surface area (Å²) in [4.78, 5) is 4.46. The van der Waals surface area contributed by atoms with Gasteiger partial charge in [0.15, 0.2) is 14.1 Å². The van der Waals surface area contributed by atoms with E-state index in [1.165, 1.54) is 0 Å². The first-order chi connectivity index (χ1) is 11.0. The van der Waals surface area contributed by atoms with Crippen molar-refractivity contribution in [3.63, 3.8) is 0 Å². The number of rotatable bonds is 3. The highest BCUT2D eigenvalue weighted by molar-refractivity contribution is 9.10. The van der Waals surface area contributed by atoms with Gasteiger partial charge in [-0.1, -0.05) is 51.1 Å². The van der Waals surface area contributed by atoms with E-state index < -0.39 is 14.4 Å². The molecule has 2 aromatic rings. The van der Waals surface area contributed by atoms with Gasteiger partial charge in [0.2, 0.25) is 4.73 Å². The molecular weight excluding hydrogens is 370 g/mol. The Morgan fingerprint density at radius 1 is 1.30 bits per heavy atom. The molecule has 0 radical (unpaired) electrons. The Balaban J connectivity index is 2.02. The van der Waals surface area contributed by atoms with E-state index in [4.69, 9.17) is 5.80 Å². The lowest BCUT2D eigenvalue weighted by atomic mass is 10.0. The number of fused-ring (bicyclic) bond motifs is 1. The summed E-state index contributed by atoms with van der Waals surface area (Å²) in [6, 6.07) is 10.1. The number of hydrogen-bond acceptors (Lipinski definition) is 3. The summed E-state index contributed by atoms with van der Waals surface area (Å²) in [5.74, 6) is 0.591. The van der Waals surface area contributed by atoms with E-state index in [0.29, 0.717) is 17.0 Å². The fourth-order valence-corrected chi connectivity index (χ4v) is 3.98. The maximum Gasteiger partial charge on any atom is 0.217 e. The molecule has 0 N–H and O–H groups in total. The van der Waals surface area contributed by atoms with E-state index in [2.05, 4.69) is 72.0 Å². The average Bonchev–Trinajstić information content (AvgIpc) is 2.96. The molecular formula is C17H24BrN3OSi. The van der Waals surface area contributed by atoms with Gasteiger partial charge in [0.1, 0.15) is 6.08 Å². The lowest BCUT2D eigenvalue weighted by Crippen LogP contribution is -2.41. The van der Waals surface area contributed by atoms with Gasteiger partial charge in [-0.25, -0.2) is 9.67 Å². The second kappa shape index (κ2) is 5.83. The molecule has 0 aliphatic carbocycles. The quantitative estimate of drug-likeness (QED) is 0.679. The van der Waals surface area contributed by atoms with Crippen LogP contribution in [0.2, 0.25) is 18.1 Å². The number of nitrogens with zero attached hydrogens (tertiary/aromatic N) is 3. The molecule has 23 heavy (non-hydrogen) atoms. The summed E-state index contributed by atoms with van der Waals surface area (Å²) >= 11 is 3.36. The van der Waals surface area contributed by atoms with Crippen molar-refractivity contribution in [1.29, 1.82) is 0 Å². The molecule has 0 fully saturated rings. The van der Waals surface area contributed by atoms with Crippen LogP contribution < -0.4 is 0 Å². The second-order valence-electron chi connectivity index (χ2n) is 7.57. The Kier molecular flexibility index (Phi) is 3.94. The van der Waals surface area contributed by atoms with Gasteiger partial charge in [-0.15, -0.1) is 5.10 Å². The molecule has 2 atom stereocenters. The zero-order chi connectivity index (χ0) is 17.8. The molecule has 0 saturated carbocycles. The molecule has 2 heterocycles. The first-order valence-corrected chi connectivity index (χ1v) is 11.6. The predicted octanol–water partition coefficient (Wildman–Crippen LogP) is 5.10. The summed E-state index contributed by atoms with van der Waals surface area (Å²) in [5.41, 5.74) is 1.13. The van der Waals surface area contributed by atoms with Gasteiger partial charge < -0.3 is 4.43 Å². The predicted molar refractivity (Wildman–Crippen MR) is 97.9 cm³/mol. The van der Waals surface area contributed by atoms with Crippen molar-refractivity contribution in [2.75, 3.05) is 0 Å². The maximum atomic E-state index is 9.06. The van der Waals surface area contributed by atoms with Crippen LogP contribution in [0.1, 0.15) is 52.1 Å². The highest BCUT2D eigenvalue weighted by Gasteiger charge is 2.44. The van der Waals surface area contributed by atoms with Gasteiger partial charge in [-0.3, -0.25) is 0 Å². The molecule has 1 aromatic carbocycles. The van der Waals surface area contributed by atoms with E-state index in [1.807, 2.05) is 22.9 Å². The van der Waals surface area contributed by atoms with E-state index in [-0.39, 0.29) is 11.1 Å². The van der Waals surface area contributed by atoms with Crippen molar-refractivity contribution in [3.05, 3.63) is 46.5 Å². The molecule has 0 saturated heterocycles. The topological polar surface area (TPSA) is 39.9 Å². The average molecular weight is 395 g/mol. The van der Waals surface area contributed by atoms with Gasteiger partial charge >= 0.3 is 0 Å². The van der Waals surface area contributed by atoms with Crippen LogP contribution >= 0.6 is 15.9 Å². The van der Waals surface area contributed by atoms with Crippen molar-refractivity contribution < 1.29 is 5.80 Å². The van der Waals surface area contributed by atoms with Crippen LogP contribution in [-0.4, -0.2) is 23.1 Å². The van der Waals surface area contributed by atoms with Crippen LogP contribution in [0, 0.1) is 0 Å². The number of aromatic nitrogens is 3. The summed E-state index contributed by atoms with van der Waals surface area (Å²) in [7, 11) is -2.12. The van der Waals surface area contributed by atoms with E-state index in [9.17, 15) is 0 Å². The van der Waals surface area contributed by atoms with Gasteiger partial charge in [-0.2, -0.15) is 0 Å². The Labute approximate surface area is 148 Å². The molecule has 3 rings (SSSR count). The van der Waals surface area contributed by atoms with Crippen LogP contribution in [0.15, 0.2) is 35.1 Å². The van der Waals surface area contributed by atoms with Crippen molar-refractivity contribution in [3.8, 4) is 0 Å². The zero-order valence-electron chi connectivity index (χ0n) is 15.3. The van der Waals surface area contributed by atoms with Gasteiger partial charge in [0, 0.05) is 6.42 Å². The summed E-state index contributed by atoms with van der Waals surface area (Å²) in [6.07, 6.45) is -0.630. The van der Waals surface area contributed by atoms with Crippen molar-refractivity contribution in [2.24, 2.45) is 0 Å². The Bertz CT molecular complexity index is 744. The van der Waals surface area contributed by atoms with E-state index in [1.54, 1.807) is 0 Å². The first-order valence-electron chi connectivity index (χ1n) is 8.41. The minimum Gasteiger partial charge on any atom is -0.407 e. The normalized spacial score (nSPS) is 25.3. The Morgan fingerprint density at radius 2 is 1.96 bits per heavy atom. The van der Waals surface area contributed by atoms with Gasteiger partial charge in [0.25, 0.3) is 0 Å². The van der Waals surface area contributed by atoms with E-state index in [0.717, 1.165) is 5.56 Å². The monoisotopic (exact) mass is 394 g/mol. The van der Waals surface area contributed by atoms with E-state index >= 15 is 0 Å². The van der Waals surface area contributed by atoms with Crippen LogP contribution in [0.3, 0.4) is 0 Å². The molecule has 0 unspecified atom stereocenters. The Morgan fingerprint density at radius 3 is 2.57 bits per heavy atom. The summed E-state index contributed by atoms with van der Waals surface area (Å²) in [5, 5.41) is 4.51. The molecule has 4 nitrogen and oxygen atoms in total. The third-order valence-corrected chi connectivity index (χ3v) is 9.60. The maximum absolute atomic E-state index is 9.06. The van der Waals surface area contributed by atoms with Crippen molar-refractivity contribution in [1.82, 2.24) is 14.8 Å². The Hall–Kier alpha value is -0.983. The van der Waals surface area contributed by atoms with Crippen LogP contribution in [-0.2, 0) is 4.43 Å². The highest BCUT2D eigenvalue weighted by Crippen LogP contribution is 2.45. The minimum atomic E-state index is -2.12. The molecule has 0 spiro atoms. The standard InChI is InChI=1S/C17H24BrN3OSi/c1-17(2,3)23(4,5)22-14-11-13(12-9-7-6-8-10-12)21-15(14)19-16(18)20-21/h6-10,13-14H,11H2,1-5H3/t13-,14+/m0/s1/i14D. The van der Waals surface area contributed by atoms with Gasteiger partial charge in [0.05, 0.1) is 7.41 Å². The summed E-state index contributed by atoms with van der Waals surface area (Å²) in [6.45, 7) is 10.9. The SMILES string of the molecule is [2H][C@@]1(O[Si](C)(C)C(C)(C)C)C[C@@H](c2ccccc2)n2nc(Br)nc21. The third-order valence-electron chi connectivity index (χ3n) is 4.90. The molecule has 1 aliphatic rings. The molecule has 0 bridgehead atoms. The highest BCUT2D eigenvalue weighted by atomic mass is 79.9. The molecule has 1 aliphatic heterocycles. The van der Waals surface area contributed by atoms with Crippen LogP contribution in [0.25, 0.3) is 0 Å². The molecule has 1 aromatic heterocycles. The minimum absolute atomic E-state index is 0.0257. The third kappa shape index (κ3) is 3.16.